The van der Waals surface area contributed by atoms with Crippen molar-refractivity contribution in [3.05, 3.63) is 35.6 Å². The van der Waals surface area contributed by atoms with Gasteiger partial charge in [0.05, 0.1) is 18.1 Å². The number of halogens is 1. The molecular formula is C16H19FO2. The van der Waals surface area contributed by atoms with Gasteiger partial charge >= 0.3 is 0 Å². The van der Waals surface area contributed by atoms with E-state index in [2.05, 4.69) is 0 Å². The fourth-order valence-electron chi connectivity index (χ4n) is 3.58. The number of ether oxygens (including phenoxy) is 1. The lowest BCUT2D eigenvalue weighted by molar-refractivity contribution is -0.133. The van der Waals surface area contributed by atoms with Crippen LogP contribution in [0.3, 0.4) is 0 Å². The van der Waals surface area contributed by atoms with Gasteiger partial charge in [-0.1, -0.05) is 19.1 Å². The molecule has 0 radical (unpaired) electrons. The Balaban J connectivity index is 1.92. The van der Waals surface area contributed by atoms with Crippen molar-refractivity contribution in [1.82, 2.24) is 0 Å². The standard InChI is InChI=1S/C16H19FO2/c1-2-14(18)16-13(9-12-7-8-15(16)19-12)10-3-5-11(17)6-4-10/h3-6,12-13,15-16H,2,7-9H2,1H3/t12?,13-,15-,16-/m1/s1. The number of carbonyl (C=O) groups excluding carboxylic acids is 1. The molecule has 0 aromatic heterocycles. The summed E-state index contributed by atoms with van der Waals surface area (Å²) in [5, 5.41) is 0. The van der Waals surface area contributed by atoms with Gasteiger partial charge in [-0.3, -0.25) is 4.79 Å². The summed E-state index contributed by atoms with van der Waals surface area (Å²) in [6, 6.07) is 6.61. The third kappa shape index (κ3) is 2.32. The number of ketones is 1. The zero-order valence-corrected chi connectivity index (χ0v) is 11.1. The molecule has 2 saturated heterocycles. The van der Waals surface area contributed by atoms with Crippen molar-refractivity contribution in [1.29, 1.82) is 0 Å². The molecule has 2 nitrogen and oxygen atoms in total. The SMILES string of the molecule is CCC(=O)[C@H]1[C@@H](c2ccc(F)cc2)CC2CC[C@H]1O2. The summed E-state index contributed by atoms with van der Waals surface area (Å²) < 4.78 is 19.0. The van der Waals surface area contributed by atoms with Gasteiger partial charge in [-0.25, -0.2) is 4.39 Å². The van der Waals surface area contributed by atoms with Crippen LogP contribution in [0.2, 0.25) is 0 Å². The summed E-state index contributed by atoms with van der Waals surface area (Å²) >= 11 is 0. The first-order valence-corrected chi connectivity index (χ1v) is 7.12. The Hall–Kier alpha value is -1.22. The molecule has 3 rings (SSSR count). The number of hydrogen-bond donors (Lipinski definition) is 0. The van der Waals surface area contributed by atoms with Crippen molar-refractivity contribution in [3.63, 3.8) is 0 Å². The van der Waals surface area contributed by atoms with E-state index >= 15 is 0 Å². The van der Waals surface area contributed by atoms with Crippen LogP contribution in [-0.2, 0) is 9.53 Å². The van der Waals surface area contributed by atoms with Crippen molar-refractivity contribution in [3.8, 4) is 0 Å². The zero-order chi connectivity index (χ0) is 13.4. The predicted octanol–water partition coefficient (Wildman–Crippen LogP) is 3.46. The van der Waals surface area contributed by atoms with Gasteiger partial charge in [-0.15, -0.1) is 0 Å². The van der Waals surface area contributed by atoms with Gasteiger partial charge in [0.2, 0.25) is 0 Å². The van der Waals surface area contributed by atoms with E-state index in [1.807, 2.05) is 19.1 Å². The minimum atomic E-state index is -0.225. The highest BCUT2D eigenvalue weighted by Gasteiger charge is 2.46. The van der Waals surface area contributed by atoms with Crippen LogP contribution in [0, 0.1) is 11.7 Å². The summed E-state index contributed by atoms with van der Waals surface area (Å²) in [6.07, 6.45) is 3.82. The van der Waals surface area contributed by atoms with Crippen LogP contribution in [0.25, 0.3) is 0 Å². The molecule has 1 aromatic carbocycles. The van der Waals surface area contributed by atoms with Crippen LogP contribution in [0.5, 0.6) is 0 Å². The van der Waals surface area contributed by atoms with Crippen molar-refractivity contribution in [2.45, 2.75) is 50.7 Å². The third-order valence-corrected chi connectivity index (χ3v) is 4.51. The minimum Gasteiger partial charge on any atom is -0.374 e. The minimum absolute atomic E-state index is 0.0470. The Morgan fingerprint density at radius 2 is 2.05 bits per heavy atom. The maximum Gasteiger partial charge on any atom is 0.138 e. The molecule has 2 aliphatic rings. The smallest absolute Gasteiger partial charge is 0.138 e. The highest BCUT2D eigenvalue weighted by Crippen LogP contribution is 2.45. The summed E-state index contributed by atoms with van der Waals surface area (Å²) in [4.78, 5) is 12.3. The van der Waals surface area contributed by atoms with E-state index in [0.29, 0.717) is 6.42 Å². The lowest BCUT2D eigenvalue weighted by Crippen LogP contribution is -2.38. The number of Topliss-reactive ketones (excluding diaryl/α,β-unsaturated/α-hetero) is 1. The molecule has 0 aliphatic carbocycles. The maximum atomic E-state index is 13.0. The fraction of sp³-hybridized carbons (Fsp3) is 0.562. The molecule has 1 unspecified atom stereocenters. The highest BCUT2D eigenvalue weighted by molar-refractivity contribution is 5.82. The van der Waals surface area contributed by atoms with E-state index in [9.17, 15) is 9.18 Å². The van der Waals surface area contributed by atoms with E-state index in [-0.39, 0.29) is 35.6 Å². The van der Waals surface area contributed by atoms with Gasteiger partial charge in [0.15, 0.2) is 0 Å². The lowest BCUT2D eigenvalue weighted by atomic mass is 9.76. The van der Waals surface area contributed by atoms with E-state index in [1.165, 1.54) is 12.1 Å². The summed E-state index contributed by atoms with van der Waals surface area (Å²) in [6.45, 7) is 1.91. The Morgan fingerprint density at radius 1 is 1.32 bits per heavy atom. The van der Waals surface area contributed by atoms with E-state index in [0.717, 1.165) is 24.8 Å². The molecule has 2 aliphatic heterocycles. The Kier molecular flexibility index (Phi) is 3.40. The van der Waals surface area contributed by atoms with Crippen molar-refractivity contribution >= 4 is 5.78 Å². The van der Waals surface area contributed by atoms with Gasteiger partial charge in [-0.05, 0) is 42.9 Å². The van der Waals surface area contributed by atoms with Gasteiger partial charge in [0.1, 0.15) is 11.6 Å². The molecule has 0 spiro atoms. The summed E-state index contributed by atoms with van der Waals surface area (Å²) in [7, 11) is 0. The largest absolute Gasteiger partial charge is 0.374 e. The molecule has 4 atom stereocenters. The van der Waals surface area contributed by atoms with Crippen molar-refractivity contribution in [2.75, 3.05) is 0 Å². The molecule has 2 bridgehead atoms. The summed E-state index contributed by atoms with van der Waals surface area (Å²) in [5.74, 6) is 0.199. The zero-order valence-electron chi connectivity index (χ0n) is 11.1. The number of rotatable bonds is 3. The topological polar surface area (TPSA) is 26.3 Å². The molecule has 102 valence electrons. The second-order valence-electron chi connectivity index (χ2n) is 5.61. The van der Waals surface area contributed by atoms with Crippen molar-refractivity contribution in [2.24, 2.45) is 5.92 Å². The van der Waals surface area contributed by atoms with E-state index < -0.39 is 0 Å². The van der Waals surface area contributed by atoms with Crippen LogP contribution < -0.4 is 0 Å². The lowest BCUT2D eigenvalue weighted by Gasteiger charge is -2.36. The van der Waals surface area contributed by atoms with Gasteiger partial charge in [-0.2, -0.15) is 0 Å². The van der Waals surface area contributed by atoms with Crippen LogP contribution >= 0.6 is 0 Å². The third-order valence-electron chi connectivity index (χ3n) is 4.51. The molecule has 2 heterocycles. The first kappa shape index (κ1) is 12.8. The van der Waals surface area contributed by atoms with E-state index in [1.54, 1.807) is 0 Å². The monoisotopic (exact) mass is 262 g/mol. The number of fused-ring (bicyclic) bond motifs is 2. The molecule has 3 heteroatoms. The van der Waals surface area contributed by atoms with Crippen molar-refractivity contribution < 1.29 is 13.9 Å². The number of carbonyl (C=O) groups is 1. The molecular weight excluding hydrogens is 243 g/mol. The first-order valence-electron chi connectivity index (χ1n) is 7.12. The summed E-state index contributed by atoms with van der Waals surface area (Å²) in [5.41, 5.74) is 1.08. The molecule has 0 N–H and O–H groups in total. The van der Waals surface area contributed by atoms with Crippen LogP contribution in [0.15, 0.2) is 24.3 Å². The maximum absolute atomic E-state index is 13.0. The van der Waals surface area contributed by atoms with Crippen LogP contribution in [-0.4, -0.2) is 18.0 Å². The second-order valence-corrected chi connectivity index (χ2v) is 5.61. The molecule has 1 aromatic rings. The van der Waals surface area contributed by atoms with E-state index in [4.69, 9.17) is 4.74 Å². The first-order chi connectivity index (χ1) is 9.19. The van der Waals surface area contributed by atoms with Crippen LogP contribution in [0.1, 0.15) is 44.1 Å². The average molecular weight is 262 g/mol. The van der Waals surface area contributed by atoms with Gasteiger partial charge in [0, 0.05) is 6.42 Å². The predicted molar refractivity (Wildman–Crippen MR) is 70.4 cm³/mol. The molecule has 0 amide bonds. The molecule has 0 saturated carbocycles. The second kappa shape index (κ2) is 5.04. The highest BCUT2D eigenvalue weighted by atomic mass is 19.1. The Morgan fingerprint density at radius 3 is 2.74 bits per heavy atom. The fourth-order valence-corrected chi connectivity index (χ4v) is 3.58. The average Bonchev–Trinajstić information content (AvgIpc) is 2.80. The number of hydrogen-bond acceptors (Lipinski definition) is 2. The van der Waals surface area contributed by atoms with Crippen LogP contribution in [0.4, 0.5) is 4.39 Å². The quantitative estimate of drug-likeness (QED) is 0.834. The van der Waals surface area contributed by atoms with Gasteiger partial charge in [0.25, 0.3) is 0 Å². The number of benzene rings is 1. The normalized spacial score (nSPS) is 33.4. The molecule has 19 heavy (non-hydrogen) atoms. The molecule has 2 fully saturated rings. The van der Waals surface area contributed by atoms with Gasteiger partial charge < -0.3 is 4.74 Å². The Bertz CT molecular complexity index is 468. The Labute approximate surface area is 113 Å².